The van der Waals surface area contributed by atoms with Gasteiger partial charge < -0.3 is 5.32 Å². The first kappa shape index (κ1) is 9.78. The summed E-state index contributed by atoms with van der Waals surface area (Å²) in [6.45, 7) is 0.870. The van der Waals surface area contributed by atoms with E-state index in [9.17, 15) is 0 Å². The normalized spacial score (nSPS) is 16.6. The third kappa shape index (κ3) is 1.59. The zero-order valence-corrected chi connectivity index (χ0v) is 9.48. The largest absolute Gasteiger partial charge is 0.316 e. The van der Waals surface area contributed by atoms with Crippen LogP contribution in [0, 0.1) is 0 Å². The Morgan fingerprint density at radius 1 is 1.44 bits per heavy atom. The minimum absolute atomic E-state index is 0.604. The van der Waals surface area contributed by atoms with E-state index < -0.39 is 0 Å². The van der Waals surface area contributed by atoms with Crippen molar-refractivity contribution in [1.29, 1.82) is 0 Å². The van der Waals surface area contributed by atoms with Crippen LogP contribution in [0.1, 0.15) is 36.6 Å². The smallest absolute Gasteiger partial charge is 0.155 e. The van der Waals surface area contributed by atoms with Crippen LogP contribution in [-0.4, -0.2) is 21.6 Å². The summed E-state index contributed by atoms with van der Waals surface area (Å²) in [4.78, 5) is 4.57. The summed E-state index contributed by atoms with van der Waals surface area (Å²) in [5.41, 5.74) is 2.20. The first-order valence-electron chi connectivity index (χ1n) is 5.86. The van der Waals surface area contributed by atoms with E-state index in [2.05, 4.69) is 27.7 Å². The van der Waals surface area contributed by atoms with Crippen molar-refractivity contribution in [3.05, 3.63) is 29.7 Å². The van der Waals surface area contributed by atoms with E-state index >= 15 is 0 Å². The minimum atomic E-state index is 0.604. The highest BCUT2D eigenvalue weighted by Crippen LogP contribution is 2.34. The van der Waals surface area contributed by atoms with Gasteiger partial charge in [-0.1, -0.05) is 12.5 Å². The third-order valence-electron chi connectivity index (χ3n) is 3.26. The van der Waals surface area contributed by atoms with Crippen molar-refractivity contribution in [2.75, 3.05) is 7.05 Å². The Labute approximate surface area is 94.7 Å². The molecule has 16 heavy (non-hydrogen) atoms. The van der Waals surface area contributed by atoms with Gasteiger partial charge in [0.1, 0.15) is 0 Å². The molecule has 1 fully saturated rings. The molecule has 0 spiro atoms. The van der Waals surface area contributed by atoms with E-state index in [0.29, 0.717) is 5.92 Å². The molecule has 0 bridgehead atoms. The summed E-state index contributed by atoms with van der Waals surface area (Å²) in [5, 5.41) is 7.69. The van der Waals surface area contributed by atoms with E-state index in [4.69, 9.17) is 0 Å². The monoisotopic (exact) mass is 216 g/mol. The van der Waals surface area contributed by atoms with E-state index in [1.54, 1.807) is 0 Å². The lowest BCUT2D eigenvalue weighted by Crippen LogP contribution is -2.10. The fourth-order valence-corrected chi connectivity index (χ4v) is 2.09. The Balaban J connectivity index is 1.96. The quantitative estimate of drug-likeness (QED) is 0.849. The Morgan fingerprint density at radius 3 is 3.00 bits per heavy atom. The van der Waals surface area contributed by atoms with Gasteiger partial charge in [-0.15, -0.1) is 0 Å². The summed E-state index contributed by atoms with van der Waals surface area (Å²) in [5.74, 6) is 1.63. The summed E-state index contributed by atoms with van der Waals surface area (Å²) in [7, 11) is 1.95. The molecule has 0 radical (unpaired) electrons. The standard InChI is InChI=1S/C12H16N4/c1-13-7-9-5-6-11-14-12(10-3-2-4-10)15-16(11)8-9/h5-6,8,10,13H,2-4,7H2,1H3. The third-order valence-corrected chi connectivity index (χ3v) is 3.26. The molecule has 1 aliphatic rings. The Bertz CT molecular complexity index is 499. The number of nitrogens with one attached hydrogen (secondary N) is 1. The van der Waals surface area contributed by atoms with Crippen LogP contribution in [-0.2, 0) is 6.54 Å². The minimum Gasteiger partial charge on any atom is -0.316 e. The van der Waals surface area contributed by atoms with Crippen molar-refractivity contribution in [2.45, 2.75) is 31.7 Å². The molecule has 2 aromatic heterocycles. The van der Waals surface area contributed by atoms with Crippen molar-refractivity contribution in [3.63, 3.8) is 0 Å². The molecule has 1 aliphatic carbocycles. The maximum Gasteiger partial charge on any atom is 0.155 e. The molecule has 0 atom stereocenters. The predicted octanol–water partition coefficient (Wildman–Crippen LogP) is 1.72. The zero-order chi connectivity index (χ0) is 11.0. The van der Waals surface area contributed by atoms with Gasteiger partial charge in [0.2, 0.25) is 0 Å². The van der Waals surface area contributed by atoms with E-state index in [0.717, 1.165) is 18.0 Å². The van der Waals surface area contributed by atoms with Crippen LogP contribution in [0.4, 0.5) is 0 Å². The van der Waals surface area contributed by atoms with Gasteiger partial charge in [0, 0.05) is 18.7 Å². The van der Waals surface area contributed by atoms with Crippen molar-refractivity contribution >= 4 is 5.65 Å². The van der Waals surface area contributed by atoms with E-state index in [-0.39, 0.29) is 0 Å². The van der Waals surface area contributed by atoms with Gasteiger partial charge in [-0.25, -0.2) is 9.50 Å². The number of aromatic nitrogens is 3. The predicted molar refractivity (Wildman–Crippen MR) is 62.3 cm³/mol. The molecule has 4 heteroatoms. The molecule has 2 aromatic rings. The number of pyridine rings is 1. The van der Waals surface area contributed by atoms with Gasteiger partial charge in [-0.3, -0.25) is 0 Å². The summed E-state index contributed by atoms with van der Waals surface area (Å²) < 4.78 is 1.90. The second kappa shape index (κ2) is 3.87. The first-order chi connectivity index (χ1) is 7.86. The number of hydrogen-bond acceptors (Lipinski definition) is 3. The SMILES string of the molecule is CNCc1ccc2nc(C3CCC3)nn2c1. The van der Waals surface area contributed by atoms with E-state index in [1.807, 2.05) is 17.6 Å². The molecule has 1 N–H and O–H groups in total. The van der Waals surface area contributed by atoms with Crippen molar-refractivity contribution < 1.29 is 0 Å². The van der Waals surface area contributed by atoms with Crippen LogP contribution in [0.15, 0.2) is 18.3 Å². The Hall–Kier alpha value is -1.42. The van der Waals surface area contributed by atoms with Gasteiger partial charge in [-0.05, 0) is 31.5 Å². The highest BCUT2D eigenvalue weighted by Gasteiger charge is 2.23. The maximum absolute atomic E-state index is 4.57. The van der Waals surface area contributed by atoms with Gasteiger partial charge in [-0.2, -0.15) is 5.10 Å². The fraction of sp³-hybridized carbons (Fsp3) is 0.500. The molecule has 0 aliphatic heterocycles. The lowest BCUT2D eigenvalue weighted by molar-refractivity contribution is 0.402. The van der Waals surface area contributed by atoms with Crippen molar-refractivity contribution in [3.8, 4) is 0 Å². The average molecular weight is 216 g/mol. The van der Waals surface area contributed by atoms with Crippen LogP contribution in [0.2, 0.25) is 0 Å². The number of hydrogen-bond donors (Lipinski definition) is 1. The van der Waals surface area contributed by atoms with Crippen LogP contribution < -0.4 is 5.32 Å². The number of fused-ring (bicyclic) bond motifs is 1. The van der Waals surface area contributed by atoms with Gasteiger partial charge >= 0.3 is 0 Å². The van der Waals surface area contributed by atoms with Gasteiger partial charge in [0.15, 0.2) is 11.5 Å². The first-order valence-corrected chi connectivity index (χ1v) is 5.86. The fourth-order valence-electron chi connectivity index (χ4n) is 2.09. The van der Waals surface area contributed by atoms with E-state index in [1.165, 1.54) is 24.8 Å². The summed E-state index contributed by atoms with van der Waals surface area (Å²) in [6, 6.07) is 4.15. The molecule has 0 unspecified atom stereocenters. The molecular weight excluding hydrogens is 200 g/mol. The average Bonchev–Trinajstić information content (AvgIpc) is 2.57. The van der Waals surface area contributed by atoms with Gasteiger partial charge in [0.25, 0.3) is 0 Å². The Kier molecular flexibility index (Phi) is 2.36. The Morgan fingerprint density at radius 2 is 2.31 bits per heavy atom. The lowest BCUT2D eigenvalue weighted by atomic mass is 9.85. The van der Waals surface area contributed by atoms with Crippen LogP contribution in [0.3, 0.4) is 0 Å². The molecule has 0 saturated heterocycles. The highest BCUT2D eigenvalue weighted by molar-refractivity contribution is 5.39. The maximum atomic E-state index is 4.57. The molecule has 0 aromatic carbocycles. The van der Waals surface area contributed by atoms with Crippen LogP contribution >= 0.6 is 0 Å². The number of rotatable bonds is 3. The molecule has 1 saturated carbocycles. The van der Waals surface area contributed by atoms with Gasteiger partial charge in [0.05, 0.1) is 0 Å². The lowest BCUT2D eigenvalue weighted by Gasteiger charge is -2.21. The molecule has 2 heterocycles. The van der Waals surface area contributed by atoms with Crippen molar-refractivity contribution in [2.24, 2.45) is 0 Å². The van der Waals surface area contributed by atoms with Crippen LogP contribution in [0.5, 0.6) is 0 Å². The second-order valence-corrected chi connectivity index (χ2v) is 4.47. The molecule has 3 rings (SSSR count). The van der Waals surface area contributed by atoms with Crippen LogP contribution in [0.25, 0.3) is 5.65 Å². The molecule has 84 valence electrons. The molecular formula is C12H16N4. The second-order valence-electron chi connectivity index (χ2n) is 4.47. The number of nitrogens with zero attached hydrogens (tertiary/aromatic N) is 3. The topological polar surface area (TPSA) is 42.2 Å². The molecule has 0 amide bonds. The van der Waals surface area contributed by atoms with Crippen molar-refractivity contribution in [1.82, 2.24) is 19.9 Å². The summed E-state index contributed by atoms with van der Waals surface area (Å²) in [6.07, 6.45) is 5.88. The zero-order valence-electron chi connectivity index (χ0n) is 9.48. The molecule has 4 nitrogen and oxygen atoms in total. The summed E-state index contributed by atoms with van der Waals surface area (Å²) >= 11 is 0. The highest BCUT2D eigenvalue weighted by atomic mass is 15.3.